The molecule has 0 radical (unpaired) electrons. The molecule has 1 nitrogen and oxygen atoms in total. The molecule has 148 valence electrons. The Kier molecular flexibility index (Phi) is 6.01. The number of hydrogen-bond acceptors (Lipinski definition) is 1. The standard InChI is InChI=1S/C18H14F8O/c1-2-3-4-10-5-6-12(13(19)7-10)18(25,26)27-11-8-14(20)16(15(21)9-11)17(22,23)24/h5-9H,2-4H2,1H3. The van der Waals surface area contributed by atoms with E-state index in [-0.39, 0.29) is 12.1 Å². The van der Waals surface area contributed by atoms with E-state index in [0.29, 0.717) is 12.0 Å². The average molecular weight is 398 g/mol. The fraction of sp³-hybridized carbons (Fsp3) is 0.333. The van der Waals surface area contributed by atoms with Crippen LogP contribution in [-0.4, -0.2) is 0 Å². The van der Waals surface area contributed by atoms with Gasteiger partial charge in [-0.05, 0) is 30.5 Å². The van der Waals surface area contributed by atoms with Gasteiger partial charge in [0.25, 0.3) is 0 Å². The lowest BCUT2D eigenvalue weighted by Crippen LogP contribution is -2.24. The number of benzene rings is 2. The number of aryl methyl sites for hydroxylation is 1. The molecule has 2 aromatic rings. The van der Waals surface area contributed by atoms with E-state index in [1.165, 1.54) is 6.07 Å². The molecule has 0 aliphatic heterocycles. The van der Waals surface area contributed by atoms with Gasteiger partial charge < -0.3 is 4.74 Å². The first-order chi connectivity index (χ1) is 12.5. The van der Waals surface area contributed by atoms with Crippen molar-refractivity contribution in [1.82, 2.24) is 0 Å². The number of alkyl halides is 5. The molecule has 0 saturated heterocycles. The molecule has 0 unspecified atom stereocenters. The zero-order valence-electron chi connectivity index (χ0n) is 13.9. The van der Waals surface area contributed by atoms with Crippen LogP contribution < -0.4 is 4.74 Å². The summed E-state index contributed by atoms with van der Waals surface area (Å²) >= 11 is 0. The van der Waals surface area contributed by atoms with Crippen LogP contribution in [0.15, 0.2) is 30.3 Å². The fourth-order valence-corrected chi connectivity index (χ4v) is 2.41. The zero-order chi connectivity index (χ0) is 20.4. The van der Waals surface area contributed by atoms with Crippen LogP contribution >= 0.6 is 0 Å². The molecule has 0 aliphatic carbocycles. The summed E-state index contributed by atoms with van der Waals surface area (Å²) in [6.07, 6.45) is -7.71. The highest BCUT2D eigenvalue weighted by atomic mass is 19.4. The molecule has 0 N–H and O–H groups in total. The van der Waals surface area contributed by atoms with Crippen molar-refractivity contribution in [2.75, 3.05) is 0 Å². The van der Waals surface area contributed by atoms with E-state index in [0.717, 1.165) is 25.0 Å². The zero-order valence-corrected chi connectivity index (χ0v) is 13.9. The third-order valence-corrected chi connectivity index (χ3v) is 3.71. The summed E-state index contributed by atoms with van der Waals surface area (Å²) in [6.45, 7) is 1.90. The first-order valence-corrected chi connectivity index (χ1v) is 7.87. The Bertz CT molecular complexity index is 790. The normalized spacial score (nSPS) is 12.3. The molecule has 27 heavy (non-hydrogen) atoms. The lowest BCUT2D eigenvalue weighted by molar-refractivity contribution is -0.187. The molecular weight excluding hydrogens is 384 g/mol. The Morgan fingerprint density at radius 2 is 1.44 bits per heavy atom. The van der Waals surface area contributed by atoms with Crippen molar-refractivity contribution in [3.05, 3.63) is 64.5 Å². The third-order valence-electron chi connectivity index (χ3n) is 3.71. The summed E-state index contributed by atoms with van der Waals surface area (Å²) in [5.74, 6) is -6.76. The highest BCUT2D eigenvalue weighted by Gasteiger charge is 2.41. The predicted molar refractivity (Wildman–Crippen MR) is 80.9 cm³/mol. The van der Waals surface area contributed by atoms with Crippen molar-refractivity contribution in [2.24, 2.45) is 0 Å². The van der Waals surface area contributed by atoms with Gasteiger partial charge in [0, 0.05) is 12.1 Å². The summed E-state index contributed by atoms with van der Waals surface area (Å²) < 4.78 is 111. The molecule has 0 amide bonds. The molecule has 0 saturated carbocycles. The lowest BCUT2D eigenvalue weighted by Gasteiger charge is -2.20. The molecule has 2 aromatic carbocycles. The Morgan fingerprint density at radius 3 is 1.93 bits per heavy atom. The molecule has 0 fully saturated rings. The van der Waals surface area contributed by atoms with Crippen molar-refractivity contribution < 1.29 is 39.9 Å². The molecule has 0 heterocycles. The van der Waals surface area contributed by atoms with Crippen molar-refractivity contribution in [3.63, 3.8) is 0 Å². The van der Waals surface area contributed by atoms with Crippen molar-refractivity contribution in [1.29, 1.82) is 0 Å². The highest BCUT2D eigenvalue weighted by molar-refractivity contribution is 5.34. The highest BCUT2D eigenvalue weighted by Crippen LogP contribution is 2.38. The first-order valence-electron chi connectivity index (χ1n) is 7.87. The number of halogens is 8. The average Bonchev–Trinajstić information content (AvgIpc) is 2.50. The quantitative estimate of drug-likeness (QED) is 0.499. The van der Waals surface area contributed by atoms with Crippen molar-refractivity contribution in [3.8, 4) is 5.75 Å². The van der Waals surface area contributed by atoms with Gasteiger partial charge in [-0.3, -0.25) is 0 Å². The molecule has 0 bridgehead atoms. The molecule has 2 rings (SSSR count). The van der Waals surface area contributed by atoms with Crippen LogP contribution in [0.2, 0.25) is 0 Å². The summed E-state index contributed by atoms with van der Waals surface area (Å²) in [4.78, 5) is 0. The fourth-order valence-electron chi connectivity index (χ4n) is 2.41. The Labute approximate surface area is 149 Å². The van der Waals surface area contributed by atoms with Crippen LogP contribution in [0.5, 0.6) is 5.75 Å². The number of rotatable bonds is 6. The van der Waals surface area contributed by atoms with E-state index >= 15 is 0 Å². The van der Waals surface area contributed by atoms with Crippen LogP contribution in [0, 0.1) is 17.5 Å². The van der Waals surface area contributed by atoms with Gasteiger partial charge in [0.05, 0.1) is 5.56 Å². The van der Waals surface area contributed by atoms with Crippen LogP contribution in [-0.2, 0) is 18.7 Å². The maximum absolute atomic E-state index is 14.2. The molecule has 0 spiro atoms. The number of ether oxygens (including phenoxy) is 1. The maximum atomic E-state index is 14.2. The van der Waals surface area contributed by atoms with Crippen LogP contribution in [0.1, 0.15) is 36.5 Å². The topological polar surface area (TPSA) is 9.23 Å². The predicted octanol–water partition coefficient (Wildman–Crippen LogP) is 6.59. The maximum Gasteiger partial charge on any atom is 0.429 e. The summed E-state index contributed by atoms with van der Waals surface area (Å²) in [7, 11) is 0. The van der Waals surface area contributed by atoms with E-state index in [2.05, 4.69) is 4.74 Å². The smallest absolute Gasteiger partial charge is 0.429 e. The van der Waals surface area contributed by atoms with Gasteiger partial charge in [-0.25, -0.2) is 13.2 Å². The summed E-state index contributed by atoms with van der Waals surface area (Å²) in [6, 6.07) is 2.83. The monoisotopic (exact) mass is 398 g/mol. The third kappa shape index (κ3) is 4.90. The van der Waals surface area contributed by atoms with E-state index < -0.39 is 46.6 Å². The van der Waals surface area contributed by atoms with E-state index in [1.54, 1.807) is 0 Å². The van der Waals surface area contributed by atoms with E-state index in [1.807, 2.05) is 6.92 Å². The molecule has 0 aliphatic rings. The minimum atomic E-state index is -5.35. The van der Waals surface area contributed by atoms with Crippen LogP contribution in [0.25, 0.3) is 0 Å². The Morgan fingerprint density at radius 1 is 0.852 bits per heavy atom. The second-order valence-corrected chi connectivity index (χ2v) is 5.80. The van der Waals surface area contributed by atoms with Gasteiger partial charge in [0.15, 0.2) is 0 Å². The lowest BCUT2D eigenvalue weighted by atomic mass is 10.1. The molecule has 9 heteroatoms. The van der Waals surface area contributed by atoms with Gasteiger partial charge in [-0.15, -0.1) is 0 Å². The Balaban J connectivity index is 2.31. The summed E-state index contributed by atoms with van der Waals surface area (Å²) in [5, 5.41) is 0. The largest absolute Gasteiger partial charge is 0.429 e. The van der Waals surface area contributed by atoms with Gasteiger partial charge in [0.1, 0.15) is 28.8 Å². The van der Waals surface area contributed by atoms with Gasteiger partial charge in [-0.1, -0.05) is 19.4 Å². The van der Waals surface area contributed by atoms with Crippen molar-refractivity contribution in [2.45, 2.75) is 38.5 Å². The van der Waals surface area contributed by atoms with Gasteiger partial charge in [0.2, 0.25) is 0 Å². The van der Waals surface area contributed by atoms with Gasteiger partial charge in [-0.2, -0.15) is 22.0 Å². The second-order valence-electron chi connectivity index (χ2n) is 5.80. The van der Waals surface area contributed by atoms with Crippen LogP contribution in [0.4, 0.5) is 35.1 Å². The second kappa shape index (κ2) is 7.74. The summed E-state index contributed by atoms with van der Waals surface area (Å²) in [5.41, 5.74) is -2.96. The van der Waals surface area contributed by atoms with E-state index in [4.69, 9.17) is 0 Å². The first kappa shape index (κ1) is 21.0. The Hall–Kier alpha value is -2.32. The SMILES string of the molecule is CCCCc1ccc(C(F)(F)Oc2cc(F)c(C(F)(F)F)c(F)c2)c(F)c1. The number of unbranched alkanes of at least 4 members (excludes halogenated alkanes) is 1. The van der Waals surface area contributed by atoms with Crippen molar-refractivity contribution >= 4 is 0 Å². The molecule has 0 atom stereocenters. The molecule has 0 aromatic heterocycles. The van der Waals surface area contributed by atoms with E-state index in [9.17, 15) is 35.1 Å². The van der Waals surface area contributed by atoms with Gasteiger partial charge >= 0.3 is 12.3 Å². The van der Waals surface area contributed by atoms with Crippen LogP contribution in [0.3, 0.4) is 0 Å². The number of hydrogen-bond donors (Lipinski definition) is 0. The minimum Gasteiger partial charge on any atom is -0.429 e. The minimum absolute atomic E-state index is 0.0344. The molecular formula is C18H14F8O.